The number of carbonyl (C=O) groups excluding carboxylic acids is 1. The predicted molar refractivity (Wildman–Crippen MR) is 144 cm³/mol. The molecule has 1 aromatic heterocycles. The number of thiocarbonyl (C=S) groups is 1. The molecule has 2 N–H and O–H groups in total. The number of aryl methyl sites for hydroxylation is 1. The quantitative estimate of drug-likeness (QED) is 0.296. The van der Waals surface area contributed by atoms with Gasteiger partial charge in [-0.05, 0) is 72.6 Å². The number of aromatic nitrogens is 3. The molecule has 1 amide bonds. The first-order valence-corrected chi connectivity index (χ1v) is 12.0. The fourth-order valence-corrected chi connectivity index (χ4v) is 4.37. The van der Waals surface area contributed by atoms with Crippen molar-refractivity contribution in [2.45, 2.75) is 26.7 Å². The molecule has 0 aliphatic heterocycles. The van der Waals surface area contributed by atoms with Crippen LogP contribution in [-0.2, 0) is 0 Å². The normalized spacial score (nSPS) is 11.1. The van der Waals surface area contributed by atoms with Crippen LogP contribution in [0.4, 0.5) is 5.69 Å². The first kappa shape index (κ1) is 24.9. The SMILES string of the molecule is COc1c(Cl)cc(C(=O)NC(=S)Nc2cc3nn(-c4ccc(C(C)C)cc4)nc3cc2C)cc1Cl. The molecule has 0 aliphatic carbocycles. The van der Waals surface area contributed by atoms with Crippen LogP contribution in [0, 0.1) is 6.92 Å². The molecule has 3 aromatic carbocycles. The fourth-order valence-electron chi connectivity index (χ4n) is 3.53. The number of amides is 1. The number of ether oxygens (including phenoxy) is 1. The molecule has 10 heteroatoms. The number of methoxy groups -OCH3 is 1. The summed E-state index contributed by atoms with van der Waals surface area (Å²) in [4.78, 5) is 14.3. The minimum absolute atomic E-state index is 0.122. The first-order valence-electron chi connectivity index (χ1n) is 10.8. The number of fused-ring (bicyclic) bond motifs is 1. The Bertz CT molecular complexity index is 1410. The number of hydrogen-bond donors (Lipinski definition) is 2. The van der Waals surface area contributed by atoms with Crippen molar-refractivity contribution in [3.8, 4) is 11.4 Å². The molecular formula is C25H23Cl2N5O2S. The van der Waals surface area contributed by atoms with Crippen LogP contribution in [0.15, 0.2) is 48.5 Å². The lowest BCUT2D eigenvalue weighted by Crippen LogP contribution is -2.34. The molecule has 0 bridgehead atoms. The summed E-state index contributed by atoms with van der Waals surface area (Å²) in [5.41, 5.74) is 5.42. The van der Waals surface area contributed by atoms with Gasteiger partial charge in [-0.1, -0.05) is 49.2 Å². The molecule has 0 spiro atoms. The molecule has 1 heterocycles. The third-order valence-electron chi connectivity index (χ3n) is 5.46. The zero-order chi connectivity index (χ0) is 25.3. The first-order chi connectivity index (χ1) is 16.7. The van der Waals surface area contributed by atoms with Crippen LogP contribution in [0.3, 0.4) is 0 Å². The number of carbonyl (C=O) groups is 1. The van der Waals surface area contributed by atoms with E-state index in [-0.39, 0.29) is 20.7 Å². The van der Waals surface area contributed by atoms with E-state index in [2.05, 4.69) is 46.8 Å². The highest BCUT2D eigenvalue weighted by molar-refractivity contribution is 7.80. The molecule has 4 aromatic rings. The van der Waals surface area contributed by atoms with Gasteiger partial charge in [0.15, 0.2) is 10.9 Å². The van der Waals surface area contributed by atoms with E-state index in [1.165, 1.54) is 24.8 Å². The monoisotopic (exact) mass is 527 g/mol. The molecule has 0 atom stereocenters. The third kappa shape index (κ3) is 5.40. The molecular weight excluding hydrogens is 505 g/mol. The van der Waals surface area contributed by atoms with Crippen LogP contribution in [-0.4, -0.2) is 33.1 Å². The lowest BCUT2D eigenvalue weighted by atomic mass is 10.0. The van der Waals surface area contributed by atoms with Gasteiger partial charge in [-0.2, -0.15) is 4.80 Å². The zero-order valence-electron chi connectivity index (χ0n) is 19.5. The number of benzene rings is 3. The summed E-state index contributed by atoms with van der Waals surface area (Å²) in [6.45, 7) is 6.23. The van der Waals surface area contributed by atoms with E-state index < -0.39 is 5.91 Å². The van der Waals surface area contributed by atoms with Gasteiger partial charge in [0.1, 0.15) is 11.0 Å². The molecule has 0 saturated heterocycles. The summed E-state index contributed by atoms with van der Waals surface area (Å²) in [6.07, 6.45) is 0. The van der Waals surface area contributed by atoms with E-state index in [9.17, 15) is 4.79 Å². The largest absolute Gasteiger partial charge is 0.494 e. The number of anilines is 1. The Morgan fingerprint density at radius 3 is 2.20 bits per heavy atom. The molecule has 0 fully saturated rings. The highest BCUT2D eigenvalue weighted by Gasteiger charge is 2.16. The second kappa shape index (κ2) is 10.2. The molecule has 0 saturated carbocycles. The Balaban J connectivity index is 1.51. The highest BCUT2D eigenvalue weighted by atomic mass is 35.5. The average Bonchev–Trinajstić information content (AvgIpc) is 3.21. The van der Waals surface area contributed by atoms with Gasteiger partial charge >= 0.3 is 0 Å². The maximum atomic E-state index is 12.7. The van der Waals surface area contributed by atoms with Crippen molar-refractivity contribution in [3.05, 3.63) is 75.3 Å². The molecule has 180 valence electrons. The van der Waals surface area contributed by atoms with Crippen molar-refractivity contribution in [1.82, 2.24) is 20.3 Å². The van der Waals surface area contributed by atoms with E-state index in [0.717, 1.165) is 16.8 Å². The lowest BCUT2D eigenvalue weighted by Gasteiger charge is -2.13. The number of nitrogens with zero attached hydrogens (tertiary/aromatic N) is 3. The second-order valence-electron chi connectivity index (χ2n) is 8.27. The summed E-state index contributed by atoms with van der Waals surface area (Å²) in [7, 11) is 1.45. The van der Waals surface area contributed by atoms with Gasteiger partial charge in [0, 0.05) is 11.3 Å². The van der Waals surface area contributed by atoms with Crippen molar-refractivity contribution in [2.24, 2.45) is 0 Å². The lowest BCUT2D eigenvalue weighted by molar-refractivity contribution is 0.0977. The van der Waals surface area contributed by atoms with Crippen LogP contribution < -0.4 is 15.4 Å². The highest BCUT2D eigenvalue weighted by Crippen LogP contribution is 2.33. The van der Waals surface area contributed by atoms with E-state index in [1.807, 2.05) is 31.2 Å². The molecule has 0 radical (unpaired) electrons. The zero-order valence-corrected chi connectivity index (χ0v) is 21.8. The predicted octanol–water partition coefficient (Wildman–Crippen LogP) is 6.29. The van der Waals surface area contributed by atoms with Gasteiger partial charge < -0.3 is 10.1 Å². The summed E-state index contributed by atoms with van der Waals surface area (Å²) in [5.74, 6) is 0.301. The Kier molecular flexibility index (Phi) is 7.25. The minimum atomic E-state index is -0.455. The Hall–Kier alpha value is -3.20. The molecule has 4 rings (SSSR count). The van der Waals surface area contributed by atoms with E-state index in [1.54, 1.807) is 4.80 Å². The van der Waals surface area contributed by atoms with Gasteiger partial charge in [0.25, 0.3) is 5.91 Å². The number of hydrogen-bond acceptors (Lipinski definition) is 5. The van der Waals surface area contributed by atoms with Crippen molar-refractivity contribution in [1.29, 1.82) is 0 Å². The van der Waals surface area contributed by atoms with E-state index in [0.29, 0.717) is 22.9 Å². The van der Waals surface area contributed by atoms with Crippen LogP contribution in [0.2, 0.25) is 10.0 Å². The summed E-state index contributed by atoms with van der Waals surface area (Å²) in [5, 5.41) is 15.5. The van der Waals surface area contributed by atoms with Crippen LogP contribution >= 0.6 is 35.4 Å². The summed E-state index contributed by atoms with van der Waals surface area (Å²) < 4.78 is 5.12. The van der Waals surface area contributed by atoms with Gasteiger partial charge in [-0.3, -0.25) is 10.1 Å². The standard InChI is InChI=1S/C25H23Cl2N5O2S/c1-13(2)15-5-7-17(8-6-15)32-30-21-9-14(3)20(12-22(21)31-32)28-25(35)29-24(33)16-10-18(26)23(34-4)19(27)11-16/h5-13H,1-4H3,(H2,28,29,33,35). The fraction of sp³-hybridized carbons (Fsp3) is 0.200. The van der Waals surface area contributed by atoms with Crippen molar-refractivity contribution >= 4 is 63.2 Å². The van der Waals surface area contributed by atoms with E-state index >= 15 is 0 Å². The van der Waals surface area contributed by atoms with Gasteiger partial charge in [0.2, 0.25) is 0 Å². The van der Waals surface area contributed by atoms with Crippen LogP contribution in [0.1, 0.15) is 41.3 Å². The van der Waals surface area contributed by atoms with Crippen molar-refractivity contribution in [3.63, 3.8) is 0 Å². The average molecular weight is 528 g/mol. The smallest absolute Gasteiger partial charge is 0.257 e. The van der Waals surface area contributed by atoms with Crippen molar-refractivity contribution in [2.75, 3.05) is 12.4 Å². The summed E-state index contributed by atoms with van der Waals surface area (Å²) >= 11 is 17.6. The van der Waals surface area contributed by atoms with E-state index in [4.69, 9.17) is 40.2 Å². The molecule has 0 aliphatic rings. The Morgan fingerprint density at radius 2 is 1.63 bits per heavy atom. The third-order valence-corrected chi connectivity index (χ3v) is 6.22. The topological polar surface area (TPSA) is 81.1 Å². The van der Waals surface area contributed by atoms with Crippen LogP contribution in [0.5, 0.6) is 5.75 Å². The number of halogens is 2. The molecule has 0 unspecified atom stereocenters. The Morgan fingerprint density at radius 1 is 1.03 bits per heavy atom. The summed E-state index contributed by atoms with van der Waals surface area (Å²) in [6, 6.07) is 14.9. The molecule has 35 heavy (non-hydrogen) atoms. The van der Waals surface area contributed by atoms with Gasteiger partial charge in [-0.15, -0.1) is 10.2 Å². The second-order valence-corrected chi connectivity index (χ2v) is 9.50. The van der Waals surface area contributed by atoms with Gasteiger partial charge in [-0.25, -0.2) is 0 Å². The number of rotatable bonds is 5. The minimum Gasteiger partial charge on any atom is -0.494 e. The van der Waals surface area contributed by atoms with Crippen LogP contribution in [0.25, 0.3) is 16.7 Å². The Labute approximate surface area is 218 Å². The maximum absolute atomic E-state index is 12.7. The molecule has 7 nitrogen and oxygen atoms in total. The maximum Gasteiger partial charge on any atom is 0.257 e. The number of nitrogens with one attached hydrogen (secondary N) is 2. The van der Waals surface area contributed by atoms with Gasteiger partial charge in [0.05, 0.1) is 22.8 Å². The van der Waals surface area contributed by atoms with Crippen molar-refractivity contribution < 1.29 is 9.53 Å².